The van der Waals surface area contributed by atoms with Gasteiger partial charge in [-0.2, -0.15) is 13.5 Å². The Morgan fingerprint density at radius 2 is 1.64 bits per heavy atom. The average molecular weight is 318 g/mol. The van der Waals surface area contributed by atoms with E-state index in [1.807, 2.05) is 43.3 Å². The molecule has 0 fully saturated rings. The SMILES string of the molecule is CN(C)c1ccc(/C=N/NS(=O)(=O)c2ccc(N)cc2)cc1. The van der Waals surface area contributed by atoms with E-state index >= 15 is 0 Å². The molecule has 0 aliphatic rings. The molecule has 0 unspecified atom stereocenters. The van der Waals surface area contributed by atoms with Gasteiger partial charge in [0.2, 0.25) is 0 Å². The van der Waals surface area contributed by atoms with Gasteiger partial charge in [-0.15, -0.1) is 0 Å². The zero-order valence-corrected chi connectivity index (χ0v) is 13.2. The minimum absolute atomic E-state index is 0.113. The van der Waals surface area contributed by atoms with E-state index in [-0.39, 0.29) is 4.90 Å². The van der Waals surface area contributed by atoms with E-state index in [2.05, 4.69) is 9.93 Å². The fourth-order valence-electron chi connectivity index (χ4n) is 1.73. The molecule has 0 aromatic heterocycles. The molecule has 6 nitrogen and oxygen atoms in total. The fourth-order valence-corrected chi connectivity index (χ4v) is 2.52. The van der Waals surface area contributed by atoms with Crippen LogP contribution >= 0.6 is 0 Å². The second-order valence-corrected chi connectivity index (χ2v) is 6.57. The number of nitrogens with one attached hydrogen (secondary N) is 1. The van der Waals surface area contributed by atoms with Gasteiger partial charge < -0.3 is 10.6 Å². The number of anilines is 2. The van der Waals surface area contributed by atoms with Crippen molar-refractivity contribution in [3.63, 3.8) is 0 Å². The van der Waals surface area contributed by atoms with Gasteiger partial charge in [0, 0.05) is 25.5 Å². The highest BCUT2D eigenvalue weighted by Crippen LogP contribution is 2.12. The number of hydrogen-bond donors (Lipinski definition) is 2. The number of hydrazone groups is 1. The fraction of sp³-hybridized carbons (Fsp3) is 0.133. The van der Waals surface area contributed by atoms with Crippen LogP contribution in [0.4, 0.5) is 11.4 Å². The van der Waals surface area contributed by atoms with E-state index in [9.17, 15) is 8.42 Å². The largest absolute Gasteiger partial charge is 0.399 e. The van der Waals surface area contributed by atoms with Gasteiger partial charge in [0.05, 0.1) is 11.1 Å². The standard InChI is InChI=1S/C15H18N4O2S/c1-19(2)14-7-3-12(4-8-14)11-17-18-22(20,21)15-9-5-13(16)6-10-15/h3-11,18H,16H2,1-2H3/b17-11+. The van der Waals surface area contributed by atoms with Crippen molar-refractivity contribution in [3.05, 3.63) is 54.1 Å². The summed E-state index contributed by atoms with van der Waals surface area (Å²) in [5, 5.41) is 3.78. The number of nitrogen functional groups attached to an aromatic ring is 1. The maximum absolute atomic E-state index is 12.0. The maximum Gasteiger partial charge on any atom is 0.276 e. The van der Waals surface area contributed by atoms with Gasteiger partial charge in [-0.05, 0) is 42.0 Å². The van der Waals surface area contributed by atoms with Crippen LogP contribution in [0, 0.1) is 0 Å². The number of hydrogen-bond acceptors (Lipinski definition) is 5. The Kier molecular flexibility index (Phi) is 4.67. The van der Waals surface area contributed by atoms with Gasteiger partial charge in [-0.1, -0.05) is 12.1 Å². The lowest BCUT2D eigenvalue weighted by atomic mass is 10.2. The molecule has 2 aromatic carbocycles. The van der Waals surface area contributed by atoms with Crippen LogP contribution in [0.2, 0.25) is 0 Å². The van der Waals surface area contributed by atoms with Crippen molar-refractivity contribution < 1.29 is 8.42 Å². The molecule has 22 heavy (non-hydrogen) atoms. The molecule has 0 spiro atoms. The molecule has 0 saturated carbocycles. The summed E-state index contributed by atoms with van der Waals surface area (Å²) in [5.41, 5.74) is 7.89. The second-order valence-electron chi connectivity index (χ2n) is 4.91. The van der Waals surface area contributed by atoms with E-state index in [1.54, 1.807) is 0 Å². The Morgan fingerprint density at radius 1 is 1.05 bits per heavy atom. The summed E-state index contributed by atoms with van der Waals surface area (Å²) in [7, 11) is 0.216. The van der Waals surface area contributed by atoms with Crippen LogP contribution < -0.4 is 15.5 Å². The number of benzene rings is 2. The van der Waals surface area contributed by atoms with E-state index in [0.29, 0.717) is 5.69 Å². The molecular formula is C15H18N4O2S. The molecule has 0 atom stereocenters. The summed E-state index contributed by atoms with van der Waals surface area (Å²) in [4.78, 5) is 4.26. The van der Waals surface area contributed by atoms with Crippen molar-refractivity contribution in [3.8, 4) is 0 Å². The van der Waals surface area contributed by atoms with E-state index in [4.69, 9.17) is 5.73 Å². The Morgan fingerprint density at radius 3 is 2.18 bits per heavy atom. The van der Waals surface area contributed by atoms with Gasteiger partial charge in [0.25, 0.3) is 10.0 Å². The number of nitrogens with zero attached hydrogens (tertiary/aromatic N) is 2. The Balaban J connectivity index is 2.06. The molecule has 0 radical (unpaired) electrons. The molecule has 2 aromatic rings. The first-order chi connectivity index (χ1) is 10.4. The highest BCUT2D eigenvalue weighted by molar-refractivity contribution is 7.89. The maximum atomic E-state index is 12.0. The molecule has 0 bridgehead atoms. The molecule has 0 aliphatic heterocycles. The third-order valence-electron chi connectivity index (χ3n) is 2.99. The van der Waals surface area contributed by atoms with Gasteiger partial charge >= 0.3 is 0 Å². The lowest BCUT2D eigenvalue weighted by molar-refractivity contribution is 0.584. The summed E-state index contributed by atoms with van der Waals surface area (Å²) in [6.07, 6.45) is 1.45. The van der Waals surface area contributed by atoms with Crippen LogP contribution in [0.15, 0.2) is 58.5 Å². The van der Waals surface area contributed by atoms with E-state index in [1.165, 1.54) is 30.5 Å². The molecule has 2 rings (SSSR count). The smallest absolute Gasteiger partial charge is 0.276 e. The number of rotatable bonds is 5. The Labute approximate surface area is 130 Å². The minimum atomic E-state index is -3.68. The Hall–Kier alpha value is -2.54. The molecule has 3 N–H and O–H groups in total. The van der Waals surface area contributed by atoms with Crippen LogP contribution in [0.3, 0.4) is 0 Å². The second kappa shape index (κ2) is 6.48. The minimum Gasteiger partial charge on any atom is -0.399 e. The normalized spacial score (nSPS) is 11.5. The van der Waals surface area contributed by atoms with Crippen LogP contribution in [0.1, 0.15) is 5.56 Å². The van der Waals surface area contributed by atoms with Crippen molar-refractivity contribution in [2.45, 2.75) is 4.90 Å². The lowest BCUT2D eigenvalue weighted by Gasteiger charge is -2.11. The summed E-state index contributed by atoms with van der Waals surface area (Å²) in [6.45, 7) is 0. The first-order valence-electron chi connectivity index (χ1n) is 6.56. The highest BCUT2D eigenvalue weighted by atomic mass is 32.2. The van der Waals surface area contributed by atoms with Gasteiger partial charge in [-0.3, -0.25) is 0 Å². The molecule has 7 heteroatoms. The predicted molar refractivity (Wildman–Crippen MR) is 89.5 cm³/mol. The molecule has 0 saturated heterocycles. The van der Waals surface area contributed by atoms with E-state index < -0.39 is 10.0 Å². The molecule has 116 valence electrons. The van der Waals surface area contributed by atoms with Crippen molar-refractivity contribution in [2.75, 3.05) is 24.7 Å². The van der Waals surface area contributed by atoms with Crippen LogP contribution in [0.5, 0.6) is 0 Å². The third kappa shape index (κ3) is 3.98. The van der Waals surface area contributed by atoms with Crippen LogP contribution in [0.25, 0.3) is 0 Å². The summed E-state index contributed by atoms with van der Waals surface area (Å²) >= 11 is 0. The monoisotopic (exact) mass is 318 g/mol. The zero-order chi connectivity index (χ0) is 16.2. The lowest BCUT2D eigenvalue weighted by Crippen LogP contribution is -2.18. The van der Waals surface area contributed by atoms with Crippen molar-refractivity contribution in [2.24, 2.45) is 5.10 Å². The van der Waals surface area contributed by atoms with Crippen molar-refractivity contribution in [1.29, 1.82) is 0 Å². The van der Waals surface area contributed by atoms with Crippen LogP contribution in [-0.2, 0) is 10.0 Å². The highest BCUT2D eigenvalue weighted by Gasteiger charge is 2.11. The molecule has 0 heterocycles. The third-order valence-corrected chi connectivity index (χ3v) is 4.22. The first kappa shape index (κ1) is 15.8. The predicted octanol–water partition coefficient (Wildman–Crippen LogP) is 1.65. The van der Waals surface area contributed by atoms with Crippen molar-refractivity contribution in [1.82, 2.24) is 4.83 Å². The topological polar surface area (TPSA) is 87.8 Å². The average Bonchev–Trinajstić information content (AvgIpc) is 2.48. The van der Waals surface area contributed by atoms with Gasteiger partial charge in [0.15, 0.2) is 0 Å². The molecule has 0 amide bonds. The summed E-state index contributed by atoms with van der Waals surface area (Å²) in [6, 6.07) is 13.5. The summed E-state index contributed by atoms with van der Waals surface area (Å²) < 4.78 is 24.0. The van der Waals surface area contributed by atoms with Gasteiger partial charge in [-0.25, -0.2) is 4.83 Å². The van der Waals surface area contributed by atoms with Crippen LogP contribution in [-0.4, -0.2) is 28.7 Å². The van der Waals surface area contributed by atoms with Crippen molar-refractivity contribution >= 4 is 27.6 Å². The zero-order valence-electron chi connectivity index (χ0n) is 12.4. The Bertz CT molecular complexity index is 751. The summed E-state index contributed by atoms with van der Waals surface area (Å²) in [5.74, 6) is 0. The van der Waals surface area contributed by atoms with Gasteiger partial charge in [0.1, 0.15) is 0 Å². The van der Waals surface area contributed by atoms with E-state index in [0.717, 1.165) is 11.3 Å². The number of nitrogens with two attached hydrogens (primary N) is 1. The quantitative estimate of drug-likeness (QED) is 0.498. The molecular weight excluding hydrogens is 300 g/mol. The first-order valence-corrected chi connectivity index (χ1v) is 8.04. The number of sulfonamides is 1. The molecule has 0 aliphatic carbocycles.